The zero-order chi connectivity index (χ0) is 15.5. The Kier molecular flexibility index (Phi) is 5.84. The Morgan fingerprint density at radius 2 is 2.24 bits per heavy atom. The summed E-state index contributed by atoms with van der Waals surface area (Å²) in [5.74, 6) is 0.799. The van der Waals surface area contributed by atoms with Crippen LogP contribution in [0.4, 0.5) is 0 Å². The molecule has 2 rings (SSSR count). The Bertz CT molecular complexity index is 573. The van der Waals surface area contributed by atoms with Gasteiger partial charge >= 0.3 is 0 Å². The Balaban J connectivity index is 2.03. The smallest absolute Gasteiger partial charge is 0.244 e. The zero-order valence-electron chi connectivity index (χ0n) is 12.2. The minimum absolute atomic E-state index is 0.0878. The molecule has 21 heavy (non-hydrogen) atoms. The van der Waals surface area contributed by atoms with Gasteiger partial charge in [0, 0.05) is 25.1 Å². The van der Waals surface area contributed by atoms with Crippen molar-refractivity contribution in [2.45, 2.75) is 37.8 Å². The Hall–Kier alpha value is -0.410. The van der Waals surface area contributed by atoms with Crippen LogP contribution >= 0.6 is 15.9 Å². The van der Waals surface area contributed by atoms with Crippen LogP contribution in [0, 0.1) is 5.92 Å². The van der Waals surface area contributed by atoms with E-state index in [-0.39, 0.29) is 21.6 Å². The van der Waals surface area contributed by atoms with E-state index in [0.29, 0.717) is 25.5 Å². The van der Waals surface area contributed by atoms with Gasteiger partial charge in [-0.1, -0.05) is 6.92 Å². The minimum Gasteiger partial charge on any atom is -0.452 e. The molecule has 1 aliphatic rings. The van der Waals surface area contributed by atoms with Crippen molar-refractivity contribution in [1.82, 2.24) is 10.0 Å². The Labute approximate surface area is 133 Å². The van der Waals surface area contributed by atoms with Crippen LogP contribution in [0.15, 0.2) is 20.0 Å². The van der Waals surface area contributed by atoms with E-state index in [1.54, 1.807) is 6.07 Å². The molecule has 1 fully saturated rings. The third kappa shape index (κ3) is 4.29. The van der Waals surface area contributed by atoms with Crippen LogP contribution in [0.25, 0.3) is 0 Å². The first kappa shape index (κ1) is 17.0. The minimum atomic E-state index is -3.58. The molecule has 0 aliphatic carbocycles. The fourth-order valence-corrected chi connectivity index (χ4v) is 4.35. The van der Waals surface area contributed by atoms with Crippen molar-refractivity contribution in [3.63, 3.8) is 0 Å². The average Bonchev–Trinajstić information content (AvgIpc) is 3.00. The second kappa shape index (κ2) is 7.23. The van der Waals surface area contributed by atoms with Crippen molar-refractivity contribution in [2.75, 3.05) is 19.7 Å². The van der Waals surface area contributed by atoms with Crippen molar-refractivity contribution in [3.8, 4) is 0 Å². The van der Waals surface area contributed by atoms with Crippen molar-refractivity contribution >= 4 is 26.0 Å². The molecule has 2 N–H and O–H groups in total. The van der Waals surface area contributed by atoms with Gasteiger partial charge in [0.2, 0.25) is 10.0 Å². The average molecular weight is 381 g/mol. The molecule has 1 aliphatic heterocycles. The summed E-state index contributed by atoms with van der Waals surface area (Å²) in [6, 6.07) is 1.55. The van der Waals surface area contributed by atoms with Gasteiger partial charge < -0.3 is 14.5 Å². The molecule has 2 heterocycles. The highest BCUT2D eigenvalue weighted by Gasteiger charge is 2.28. The third-order valence-electron chi connectivity index (χ3n) is 3.61. The molecule has 0 aromatic carbocycles. The molecule has 1 aromatic heterocycles. The van der Waals surface area contributed by atoms with Gasteiger partial charge in [-0.2, -0.15) is 0 Å². The summed E-state index contributed by atoms with van der Waals surface area (Å²) in [4.78, 5) is 0.141. The fourth-order valence-electron chi connectivity index (χ4n) is 2.25. The maximum absolute atomic E-state index is 12.3. The lowest BCUT2D eigenvalue weighted by molar-refractivity contribution is 0.107. The van der Waals surface area contributed by atoms with Gasteiger partial charge in [-0.15, -0.1) is 0 Å². The van der Waals surface area contributed by atoms with Gasteiger partial charge in [-0.05, 0) is 35.8 Å². The summed E-state index contributed by atoms with van der Waals surface area (Å²) in [5, 5.41) is 3.09. The molecule has 1 saturated heterocycles. The highest BCUT2D eigenvalue weighted by atomic mass is 79.9. The second-order valence-electron chi connectivity index (χ2n) is 5.11. The van der Waals surface area contributed by atoms with Gasteiger partial charge in [0.05, 0.1) is 12.6 Å². The molecule has 2 unspecified atom stereocenters. The Morgan fingerprint density at radius 3 is 2.86 bits per heavy atom. The number of ether oxygens (including phenoxy) is 1. The van der Waals surface area contributed by atoms with E-state index in [9.17, 15) is 8.42 Å². The number of furan rings is 1. The van der Waals surface area contributed by atoms with Gasteiger partial charge in [0.15, 0.2) is 4.67 Å². The van der Waals surface area contributed by atoms with Crippen LogP contribution in [0.1, 0.15) is 26.0 Å². The number of halogens is 1. The number of sulfonamides is 1. The SMILES string of the molecule is CCNCc1cc(S(=O)(=O)NCC2CCOC2C)c(Br)o1. The highest BCUT2D eigenvalue weighted by Crippen LogP contribution is 2.27. The van der Waals surface area contributed by atoms with E-state index >= 15 is 0 Å². The first-order valence-electron chi connectivity index (χ1n) is 7.04. The number of hydrogen-bond donors (Lipinski definition) is 2. The van der Waals surface area contributed by atoms with E-state index in [2.05, 4.69) is 26.0 Å². The van der Waals surface area contributed by atoms with E-state index in [0.717, 1.165) is 13.0 Å². The molecule has 0 spiro atoms. The predicted molar refractivity (Wildman–Crippen MR) is 82.5 cm³/mol. The lowest BCUT2D eigenvalue weighted by atomic mass is 10.0. The van der Waals surface area contributed by atoms with Crippen LogP contribution in [-0.2, 0) is 21.3 Å². The maximum atomic E-state index is 12.3. The topological polar surface area (TPSA) is 80.6 Å². The molecular formula is C13H21BrN2O4S. The van der Waals surface area contributed by atoms with Crippen LogP contribution < -0.4 is 10.0 Å². The second-order valence-corrected chi connectivity index (χ2v) is 7.56. The molecule has 8 heteroatoms. The van der Waals surface area contributed by atoms with Crippen molar-refractivity contribution in [2.24, 2.45) is 5.92 Å². The summed E-state index contributed by atoms with van der Waals surface area (Å²) in [7, 11) is -3.58. The largest absolute Gasteiger partial charge is 0.452 e. The molecule has 2 atom stereocenters. The predicted octanol–water partition coefficient (Wildman–Crippen LogP) is 1.85. The Morgan fingerprint density at radius 1 is 1.48 bits per heavy atom. The quantitative estimate of drug-likeness (QED) is 0.754. The van der Waals surface area contributed by atoms with Crippen LogP contribution in [0.2, 0.25) is 0 Å². The molecule has 1 aromatic rings. The monoisotopic (exact) mass is 380 g/mol. The molecule has 0 saturated carbocycles. The summed E-state index contributed by atoms with van der Waals surface area (Å²) < 4.78 is 38.4. The van der Waals surface area contributed by atoms with Gasteiger partial charge in [0.1, 0.15) is 10.7 Å². The normalized spacial score (nSPS) is 22.8. The highest BCUT2D eigenvalue weighted by molar-refractivity contribution is 9.10. The van der Waals surface area contributed by atoms with Crippen molar-refractivity contribution in [3.05, 3.63) is 16.5 Å². The van der Waals surface area contributed by atoms with Gasteiger partial charge in [-0.25, -0.2) is 13.1 Å². The summed E-state index contributed by atoms with van der Waals surface area (Å²) in [5.41, 5.74) is 0. The lowest BCUT2D eigenvalue weighted by Gasteiger charge is -2.14. The number of rotatable bonds is 7. The van der Waals surface area contributed by atoms with E-state index < -0.39 is 10.0 Å². The van der Waals surface area contributed by atoms with Gasteiger partial charge in [-0.3, -0.25) is 0 Å². The number of hydrogen-bond acceptors (Lipinski definition) is 5. The summed E-state index contributed by atoms with van der Waals surface area (Å²) in [6.07, 6.45) is 0.965. The fraction of sp³-hybridized carbons (Fsp3) is 0.692. The van der Waals surface area contributed by atoms with Crippen molar-refractivity contribution < 1.29 is 17.6 Å². The molecular weight excluding hydrogens is 360 g/mol. The molecule has 0 bridgehead atoms. The van der Waals surface area contributed by atoms with Crippen molar-refractivity contribution in [1.29, 1.82) is 0 Å². The molecule has 0 amide bonds. The zero-order valence-corrected chi connectivity index (χ0v) is 14.6. The maximum Gasteiger partial charge on any atom is 0.244 e. The molecule has 120 valence electrons. The van der Waals surface area contributed by atoms with Crippen LogP contribution in [0.5, 0.6) is 0 Å². The third-order valence-corrected chi connectivity index (χ3v) is 5.89. The molecule has 0 radical (unpaired) electrons. The van der Waals surface area contributed by atoms with E-state index in [1.807, 2.05) is 13.8 Å². The van der Waals surface area contributed by atoms with E-state index in [1.165, 1.54) is 0 Å². The standard InChI is InChI=1S/C13H21BrN2O4S/c1-3-15-8-11-6-12(13(14)20-11)21(17,18)16-7-10-4-5-19-9(10)2/h6,9-10,15-16H,3-5,7-8H2,1-2H3. The van der Waals surface area contributed by atoms with E-state index in [4.69, 9.17) is 9.15 Å². The summed E-state index contributed by atoms with van der Waals surface area (Å²) >= 11 is 3.17. The van der Waals surface area contributed by atoms with Crippen LogP contribution in [-0.4, -0.2) is 34.2 Å². The lowest BCUT2D eigenvalue weighted by Crippen LogP contribution is -2.32. The first-order valence-corrected chi connectivity index (χ1v) is 9.32. The van der Waals surface area contributed by atoms with Gasteiger partial charge in [0.25, 0.3) is 0 Å². The number of nitrogens with one attached hydrogen (secondary N) is 2. The summed E-state index contributed by atoms with van der Waals surface area (Å²) in [6.45, 7) is 6.30. The van der Waals surface area contributed by atoms with Crippen LogP contribution in [0.3, 0.4) is 0 Å². The molecule has 6 nitrogen and oxygen atoms in total. The first-order chi connectivity index (χ1) is 9.94.